The fourth-order valence-corrected chi connectivity index (χ4v) is 2.79. The second kappa shape index (κ2) is 7.31. The van der Waals surface area contributed by atoms with E-state index in [4.69, 9.17) is 9.15 Å². The quantitative estimate of drug-likeness (QED) is 0.529. The number of ether oxygens (including phenoxy) is 1. The van der Waals surface area contributed by atoms with Gasteiger partial charge >= 0.3 is 0 Å². The summed E-state index contributed by atoms with van der Waals surface area (Å²) in [5, 5.41) is 6.11. The molecule has 0 aliphatic rings. The van der Waals surface area contributed by atoms with Gasteiger partial charge in [0.1, 0.15) is 17.2 Å². The molecule has 0 unspecified atom stereocenters. The van der Waals surface area contributed by atoms with Crippen LogP contribution in [0.4, 0.5) is 0 Å². The maximum absolute atomic E-state index is 11.9. The van der Waals surface area contributed by atoms with Gasteiger partial charge in [0, 0.05) is 0 Å². The highest BCUT2D eigenvalue weighted by atomic mass is 79.9. The zero-order valence-electron chi connectivity index (χ0n) is 13.0. The van der Waals surface area contributed by atoms with Crippen molar-refractivity contribution in [2.75, 3.05) is 6.61 Å². The van der Waals surface area contributed by atoms with Crippen molar-refractivity contribution in [2.24, 2.45) is 5.10 Å². The number of hydrogen-bond acceptors (Lipinski definition) is 4. The Morgan fingerprint density at radius 1 is 1.21 bits per heavy atom. The average Bonchev–Trinajstić information content (AvgIpc) is 3.14. The van der Waals surface area contributed by atoms with Gasteiger partial charge in [0.2, 0.25) is 0 Å². The van der Waals surface area contributed by atoms with Crippen LogP contribution in [-0.4, -0.2) is 18.2 Å². The number of halogens is 1. The van der Waals surface area contributed by atoms with Crippen molar-refractivity contribution in [3.8, 4) is 5.75 Å². The smallest absolute Gasteiger partial charge is 0.277 e. The third-order valence-corrected chi connectivity index (χ3v) is 4.23. The largest absolute Gasteiger partial charge is 0.483 e. The maximum atomic E-state index is 11.9. The Labute approximate surface area is 147 Å². The SMILES string of the molecule is C/C(=N\NC(=O)COc1ccc2ccccc2c1Br)c1ccco1. The third kappa shape index (κ3) is 3.65. The molecule has 1 N–H and O–H groups in total. The third-order valence-electron chi connectivity index (χ3n) is 3.41. The van der Waals surface area contributed by atoms with Gasteiger partial charge in [0.25, 0.3) is 5.91 Å². The maximum Gasteiger partial charge on any atom is 0.277 e. The van der Waals surface area contributed by atoms with Crippen molar-refractivity contribution in [1.82, 2.24) is 5.43 Å². The molecule has 0 fully saturated rings. The second-order valence-corrected chi connectivity index (χ2v) is 5.89. The number of fused-ring (bicyclic) bond motifs is 1. The second-order valence-electron chi connectivity index (χ2n) is 5.10. The van der Waals surface area contributed by atoms with Gasteiger partial charge in [0.05, 0.1) is 10.7 Å². The fourth-order valence-electron chi connectivity index (χ4n) is 2.19. The van der Waals surface area contributed by atoms with E-state index in [-0.39, 0.29) is 12.5 Å². The molecule has 3 aromatic rings. The van der Waals surface area contributed by atoms with E-state index in [1.807, 2.05) is 36.4 Å². The monoisotopic (exact) mass is 386 g/mol. The van der Waals surface area contributed by atoms with Crippen LogP contribution in [0, 0.1) is 0 Å². The highest BCUT2D eigenvalue weighted by Crippen LogP contribution is 2.32. The summed E-state index contributed by atoms with van der Waals surface area (Å²) in [6.45, 7) is 1.62. The first kappa shape index (κ1) is 16.3. The standard InChI is InChI=1S/C18H15BrN2O3/c1-12(15-7-4-10-23-15)20-21-17(22)11-24-16-9-8-13-5-2-3-6-14(13)18(16)19/h2-10H,11H2,1H3,(H,21,22)/b20-12+. The molecule has 1 aromatic heterocycles. The predicted molar refractivity (Wildman–Crippen MR) is 96.2 cm³/mol. The minimum Gasteiger partial charge on any atom is -0.483 e. The summed E-state index contributed by atoms with van der Waals surface area (Å²) in [7, 11) is 0. The van der Waals surface area contributed by atoms with Crippen molar-refractivity contribution in [1.29, 1.82) is 0 Å². The number of carbonyl (C=O) groups is 1. The summed E-state index contributed by atoms with van der Waals surface area (Å²) in [5.74, 6) is 0.866. The van der Waals surface area contributed by atoms with E-state index in [1.54, 1.807) is 25.3 Å². The molecule has 0 radical (unpaired) electrons. The number of benzene rings is 2. The molecule has 0 aliphatic heterocycles. The topological polar surface area (TPSA) is 63.8 Å². The Kier molecular flexibility index (Phi) is 4.96. The molecule has 0 atom stereocenters. The van der Waals surface area contributed by atoms with Gasteiger partial charge in [-0.2, -0.15) is 5.10 Å². The van der Waals surface area contributed by atoms with Gasteiger partial charge in [-0.05, 0) is 51.8 Å². The molecule has 1 amide bonds. The summed E-state index contributed by atoms with van der Waals surface area (Å²) in [6.07, 6.45) is 1.55. The van der Waals surface area contributed by atoms with Crippen LogP contribution in [0.1, 0.15) is 12.7 Å². The average molecular weight is 387 g/mol. The van der Waals surface area contributed by atoms with Crippen LogP contribution in [-0.2, 0) is 4.79 Å². The Morgan fingerprint density at radius 2 is 2.04 bits per heavy atom. The first-order valence-corrected chi connectivity index (χ1v) is 8.11. The van der Waals surface area contributed by atoms with E-state index in [1.165, 1.54) is 0 Å². The van der Waals surface area contributed by atoms with Crippen LogP contribution >= 0.6 is 15.9 Å². The number of carbonyl (C=O) groups excluding carboxylic acids is 1. The minimum absolute atomic E-state index is 0.133. The highest BCUT2D eigenvalue weighted by Gasteiger charge is 2.08. The van der Waals surface area contributed by atoms with E-state index in [0.29, 0.717) is 17.2 Å². The van der Waals surface area contributed by atoms with Crippen LogP contribution in [0.2, 0.25) is 0 Å². The van der Waals surface area contributed by atoms with E-state index in [2.05, 4.69) is 26.5 Å². The highest BCUT2D eigenvalue weighted by molar-refractivity contribution is 9.10. The molecule has 24 heavy (non-hydrogen) atoms. The molecule has 0 saturated carbocycles. The lowest BCUT2D eigenvalue weighted by Crippen LogP contribution is -2.25. The normalized spacial score (nSPS) is 11.5. The van der Waals surface area contributed by atoms with Crippen molar-refractivity contribution in [3.05, 3.63) is 65.0 Å². The summed E-state index contributed by atoms with van der Waals surface area (Å²) >= 11 is 3.52. The molecule has 2 aromatic carbocycles. The van der Waals surface area contributed by atoms with Crippen molar-refractivity contribution in [3.63, 3.8) is 0 Å². The predicted octanol–water partition coefficient (Wildman–Crippen LogP) is 4.11. The molecule has 0 spiro atoms. The summed E-state index contributed by atoms with van der Waals surface area (Å²) in [6, 6.07) is 15.2. The molecule has 0 saturated heterocycles. The van der Waals surface area contributed by atoms with Crippen LogP contribution in [0.25, 0.3) is 10.8 Å². The molecular formula is C18H15BrN2O3. The van der Waals surface area contributed by atoms with Gasteiger partial charge in [-0.15, -0.1) is 0 Å². The Morgan fingerprint density at radius 3 is 2.83 bits per heavy atom. The number of nitrogens with one attached hydrogen (secondary N) is 1. The fraction of sp³-hybridized carbons (Fsp3) is 0.111. The zero-order valence-corrected chi connectivity index (χ0v) is 14.5. The lowest BCUT2D eigenvalue weighted by atomic mass is 10.1. The first-order chi connectivity index (χ1) is 11.6. The van der Waals surface area contributed by atoms with Crippen LogP contribution in [0.5, 0.6) is 5.75 Å². The number of hydrogen-bond donors (Lipinski definition) is 1. The molecule has 6 heteroatoms. The van der Waals surface area contributed by atoms with Gasteiger partial charge in [-0.3, -0.25) is 4.79 Å². The number of hydrazone groups is 1. The molecule has 3 rings (SSSR count). The van der Waals surface area contributed by atoms with Crippen molar-refractivity contribution >= 4 is 38.3 Å². The summed E-state index contributed by atoms with van der Waals surface area (Å²) in [4.78, 5) is 11.9. The van der Waals surface area contributed by atoms with Crippen LogP contribution in [0.15, 0.2) is 68.8 Å². The number of rotatable bonds is 5. The van der Waals surface area contributed by atoms with Gasteiger partial charge in [0.15, 0.2) is 6.61 Å². The zero-order chi connectivity index (χ0) is 16.9. The first-order valence-electron chi connectivity index (χ1n) is 7.32. The van der Waals surface area contributed by atoms with Gasteiger partial charge < -0.3 is 9.15 Å². The Bertz CT molecular complexity index is 888. The van der Waals surface area contributed by atoms with Crippen molar-refractivity contribution in [2.45, 2.75) is 6.92 Å². The molecule has 0 aliphatic carbocycles. The van der Waals surface area contributed by atoms with E-state index in [9.17, 15) is 4.79 Å². The number of amides is 1. The Balaban J connectivity index is 1.62. The van der Waals surface area contributed by atoms with Crippen molar-refractivity contribution < 1.29 is 13.9 Å². The summed E-state index contributed by atoms with van der Waals surface area (Å²) in [5.41, 5.74) is 3.03. The minimum atomic E-state index is -0.346. The summed E-state index contributed by atoms with van der Waals surface area (Å²) < 4.78 is 11.6. The molecule has 1 heterocycles. The van der Waals surface area contributed by atoms with E-state index >= 15 is 0 Å². The van der Waals surface area contributed by atoms with Gasteiger partial charge in [-0.1, -0.05) is 30.3 Å². The molecule has 122 valence electrons. The lowest BCUT2D eigenvalue weighted by Gasteiger charge is -2.09. The molecule has 5 nitrogen and oxygen atoms in total. The van der Waals surface area contributed by atoms with E-state index in [0.717, 1.165) is 15.2 Å². The number of furan rings is 1. The van der Waals surface area contributed by atoms with Crippen LogP contribution < -0.4 is 10.2 Å². The molecular weight excluding hydrogens is 372 g/mol. The number of nitrogens with zero attached hydrogens (tertiary/aromatic N) is 1. The van der Waals surface area contributed by atoms with Gasteiger partial charge in [-0.25, -0.2) is 5.43 Å². The van der Waals surface area contributed by atoms with E-state index < -0.39 is 0 Å². The lowest BCUT2D eigenvalue weighted by molar-refractivity contribution is -0.123. The molecule has 0 bridgehead atoms. The Hall–Kier alpha value is -2.60. The van der Waals surface area contributed by atoms with Crippen LogP contribution in [0.3, 0.4) is 0 Å².